The molecule has 142 valence electrons. The molecule has 1 aromatic carbocycles. The normalized spacial score (nSPS) is 11.2. The van der Waals surface area contributed by atoms with Crippen LogP contribution in [0.2, 0.25) is 0 Å². The Kier molecular flexibility index (Phi) is 7.16. The van der Waals surface area contributed by atoms with Crippen molar-refractivity contribution in [3.8, 4) is 5.75 Å². The fourth-order valence-corrected chi connectivity index (χ4v) is 2.99. The molecule has 0 unspecified atom stereocenters. The largest absolute Gasteiger partial charge is 0.492 e. The molecule has 2 rings (SSSR count). The van der Waals surface area contributed by atoms with E-state index in [1.54, 1.807) is 12.1 Å². The number of hydrogen-bond acceptors (Lipinski definition) is 7. The van der Waals surface area contributed by atoms with E-state index in [0.29, 0.717) is 23.9 Å². The monoisotopic (exact) mass is 379 g/mol. The number of anilines is 2. The minimum absolute atomic E-state index is 0.0979. The molecular weight excluding hydrogens is 354 g/mol. The molecule has 0 aliphatic rings. The van der Waals surface area contributed by atoms with Crippen molar-refractivity contribution in [2.45, 2.75) is 6.92 Å². The Morgan fingerprint density at radius 2 is 1.85 bits per heavy atom. The summed E-state index contributed by atoms with van der Waals surface area (Å²) in [4.78, 5) is 10.5. The van der Waals surface area contributed by atoms with Gasteiger partial charge in [-0.3, -0.25) is 0 Å². The van der Waals surface area contributed by atoms with Gasteiger partial charge in [0.15, 0.2) is 0 Å². The zero-order chi connectivity index (χ0) is 19.0. The molecule has 9 heteroatoms. The first-order valence-electron chi connectivity index (χ1n) is 8.28. The molecule has 1 aromatic heterocycles. The highest BCUT2D eigenvalue weighted by Crippen LogP contribution is 2.13. The SMILES string of the molecule is Cc1nc(NCCNS(=O)(=O)CCOc2ccccc2)cc(N(C)C)n1. The highest BCUT2D eigenvalue weighted by atomic mass is 32.2. The Labute approximate surface area is 154 Å². The first kappa shape index (κ1) is 19.9. The predicted octanol–water partition coefficient (Wildman–Crippen LogP) is 1.26. The van der Waals surface area contributed by atoms with Crippen LogP contribution in [-0.4, -0.2) is 57.9 Å². The van der Waals surface area contributed by atoms with Crippen LogP contribution in [0.15, 0.2) is 36.4 Å². The van der Waals surface area contributed by atoms with Gasteiger partial charge in [0.05, 0.1) is 5.75 Å². The number of aryl methyl sites for hydroxylation is 1. The average Bonchev–Trinajstić information content (AvgIpc) is 2.59. The van der Waals surface area contributed by atoms with E-state index in [-0.39, 0.29) is 18.9 Å². The second kappa shape index (κ2) is 9.35. The van der Waals surface area contributed by atoms with Crippen LogP contribution >= 0.6 is 0 Å². The smallest absolute Gasteiger partial charge is 0.215 e. The first-order valence-corrected chi connectivity index (χ1v) is 9.93. The van der Waals surface area contributed by atoms with Gasteiger partial charge in [-0.25, -0.2) is 23.1 Å². The van der Waals surface area contributed by atoms with Gasteiger partial charge in [-0.2, -0.15) is 0 Å². The topological polar surface area (TPSA) is 96.5 Å². The van der Waals surface area contributed by atoms with E-state index in [4.69, 9.17) is 4.74 Å². The van der Waals surface area contributed by atoms with Gasteiger partial charge in [0.2, 0.25) is 10.0 Å². The number of nitrogens with one attached hydrogen (secondary N) is 2. The van der Waals surface area contributed by atoms with Gasteiger partial charge in [0, 0.05) is 33.3 Å². The Morgan fingerprint density at radius 3 is 2.54 bits per heavy atom. The molecule has 2 N–H and O–H groups in total. The van der Waals surface area contributed by atoms with Crippen LogP contribution in [0.25, 0.3) is 0 Å². The van der Waals surface area contributed by atoms with E-state index in [2.05, 4.69) is 20.0 Å². The van der Waals surface area contributed by atoms with Crippen molar-refractivity contribution >= 4 is 21.7 Å². The van der Waals surface area contributed by atoms with E-state index in [1.807, 2.05) is 50.2 Å². The van der Waals surface area contributed by atoms with Crippen LogP contribution in [-0.2, 0) is 10.0 Å². The summed E-state index contributed by atoms with van der Waals surface area (Å²) in [5.41, 5.74) is 0. The third-order valence-electron chi connectivity index (χ3n) is 3.40. The number of aromatic nitrogens is 2. The van der Waals surface area contributed by atoms with Crippen molar-refractivity contribution < 1.29 is 13.2 Å². The number of ether oxygens (including phenoxy) is 1. The summed E-state index contributed by atoms with van der Waals surface area (Å²) < 4.78 is 31.9. The summed E-state index contributed by atoms with van der Waals surface area (Å²) in [6.07, 6.45) is 0. The zero-order valence-electron chi connectivity index (χ0n) is 15.3. The van der Waals surface area contributed by atoms with Crippen LogP contribution in [0.3, 0.4) is 0 Å². The second-order valence-electron chi connectivity index (χ2n) is 5.85. The van der Waals surface area contributed by atoms with E-state index in [9.17, 15) is 8.42 Å². The van der Waals surface area contributed by atoms with E-state index in [0.717, 1.165) is 5.82 Å². The maximum atomic E-state index is 12.0. The number of sulfonamides is 1. The predicted molar refractivity (Wildman–Crippen MR) is 103 cm³/mol. The molecule has 0 atom stereocenters. The van der Waals surface area contributed by atoms with Crippen molar-refractivity contribution in [3.05, 3.63) is 42.2 Å². The summed E-state index contributed by atoms with van der Waals surface area (Å²) in [6, 6.07) is 10.9. The molecule has 8 nitrogen and oxygen atoms in total. The standard InChI is InChI=1S/C17H25N5O3S/c1-14-20-16(13-17(21-14)22(2)3)18-9-10-19-26(23,24)12-11-25-15-7-5-4-6-8-15/h4-8,13,19H,9-12H2,1-3H3,(H,18,20,21). The van der Waals surface area contributed by atoms with Gasteiger partial charge in [0.25, 0.3) is 0 Å². The molecular formula is C17H25N5O3S. The van der Waals surface area contributed by atoms with Gasteiger partial charge in [-0.15, -0.1) is 0 Å². The van der Waals surface area contributed by atoms with Crippen LogP contribution in [0.5, 0.6) is 5.75 Å². The third-order valence-corrected chi connectivity index (χ3v) is 4.75. The maximum absolute atomic E-state index is 12.0. The summed E-state index contributed by atoms with van der Waals surface area (Å²) >= 11 is 0. The van der Waals surface area contributed by atoms with Crippen LogP contribution in [0.1, 0.15) is 5.82 Å². The fraction of sp³-hybridized carbons (Fsp3) is 0.412. The lowest BCUT2D eigenvalue weighted by Gasteiger charge is -2.14. The summed E-state index contributed by atoms with van der Waals surface area (Å²) in [5, 5.41) is 3.10. The molecule has 0 radical (unpaired) electrons. The maximum Gasteiger partial charge on any atom is 0.215 e. The molecule has 0 bridgehead atoms. The molecule has 26 heavy (non-hydrogen) atoms. The summed E-state index contributed by atoms with van der Waals surface area (Å²) in [6.45, 7) is 2.59. The minimum Gasteiger partial charge on any atom is -0.492 e. The zero-order valence-corrected chi connectivity index (χ0v) is 16.1. The first-order chi connectivity index (χ1) is 12.4. The number of rotatable bonds is 10. The number of benzene rings is 1. The lowest BCUT2D eigenvalue weighted by atomic mass is 10.3. The minimum atomic E-state index is -3.39. The van der Waals surface area contributed by atoms with Crippen LogP contribution in [0.4, 0.5) is 11.6 Å². The molecule has 1 heterocycles. The fourth-order valence-electron chi connectivity index (χ4n) is 2.13. The van der Waals surface area contributed by atoms with Gasteiger partial charge in [-0.05, 0) is 19.1 Å². The average molecular weight is 379 g/mol. The second-order valence-corrected chi connectivity index (χ2v) is 7.78. The summed E-state index contributed by atoms with van der Waals surface area (Å²) in [7, 11) is 0.408. The van der Waals surface area contributed by atoms with Gasteiger partial charge in [-0.1, -0.05) is 18.2 Å². The van der Waals surface area contributed by atoms with E-state index < -0.39 is 10.0 Å². The van der Waals surface area contributed by atoms with Crippen LogP contribution < -0.4 is 19.7 Å². The van der Waals surface area contributed by atoms with E-state index >= 15 is 0 Å². The van der Waals surface area contributed by atoms with Crippen molar-refractivity contribution in [1.29, 1.82) is 0 Å². The van der Waals surface area contributed by atoms with Gasteiger partial charge in [0.1, 0.15) is 29.8 Å². The van der Waals surface area contributed by atoms with Crippen molar-refractivity contribution in [3.63, 3.8) is 0 Å². The molecule has 0 aliphatic heterocycles. The van der Waals surface area contributed by atoms with Gasteiger partial charge >= 0.3 is 0 Å². The number of nitrogens with zero attached hydrogens (tertiary/aromatic N) is 3. The lowest BCUT2D eigenvalue weighted by molar-refractivity contribution is 0.340. The van der Waals surface area contributed by atoms with Crippen molar-refractivity contribution in [2.24, 2.45) is 0 Å². The Morgan fingerprint density at radius 1 is 1.12 bits per heavy atom. The third kappa shape index (κ3) is 6.85. The Balaban J connectivity index is 1.73. The molecule has 0 spiro atoms. The quantitative estimate of drug-likeness (QED) is 0.600. The van der Waals surface area contributed by atoms with Crippen molar-refractivity contribution in [2.75, 3.05) is 49.8 Å². The number of para-hydroxylation sites is 1. The molecule has 0 amide bonds. The van der Waals surface area contributed by atoms with Gasteiger partial charge < -0.3 is 15.0 Å². The Bertz CT molecular complexity index is 797. The lowest BCUT2D eigenvalue weighted by Crippen LogP contribution is -2.32. The summed E-state index contributed by atoms with van der Waals surface area (Å²) in [5.74, 6) is 2.66. The van der Waals surface area contributed by atoms with E-state index in [1.165, 1.54) is 0 Å². The Hall–Kier alpha value is -2.39. The molecule has 0 fully saturated rings. The highest BCUT2D eigenvalue weighted by Gasteiger charge is 2.10. The highest BCUT2D eigenvalue weighted by molar-refractivity contribution is 7.89. The molecule has 0 saturated carbocycles. The van der Waals surface area contributed by atoms with Crippen LogP contribution in [0, 0.1) is 6.92 Å². The molecule has 2 aromatic rings. The van der Waals surface area contributed by atoms with Crippen molar-refractivity contribution in [1.82, 2.24) is 14.7 Å². The molecule has 0 saturated heterocycles. The number of hydrogen-bond donors (Lipinski definition) is 2. The molecule has 0 aliphatic carbocycles.